The summed E-state index contributed by atoms with van der Waals surface area (Å²) in [5.74, 6) is 0. The maximum absolute atomic E-state index is 2.47. The van der Waals surface area contributed by atoms with Crippen molar-refractivity contribution in [3.8, 4) is 0 Å². The summed E-state index contributed by atoms with van der Waals surface area (Å²) >= 11 is 0. The second-order valence-electron chi connectivity index (χ2n) is 7.50. The smallest absolute Gasteiger partial charge is 0.0124 e. The van der Waals surface area contributed by atoms with E-state index in [0.29, 0.717) is 12.1 Å². The molecule has 0 aromatic carbocycles. The third-order valence-electron chi connectivity index (χ3n) is 4.12. The van der Waals surface area contributed by atoms with Gasteiger partial charge < -0.3 is 0 Å². The van der Waals surface area contributed by atoms with Crippen LogP contribution in [0.25, 0.3) is 0 Å². The lowest BCUT2D eigenvalue weighted by Crippen LogP contribution is -2.49. The van der Waals surface area contributed by atoms with E-state index in [1.165, 1.54) is 6.42 Å². The summed E-state index contributed by atoms with van der Waals surface area (Å²) in [4.78, 5) is 4.94. The molecule has 0 saturated heterocycles. The number of hydrogen-bond acceptors (Lipinski definition) is 2. The summed E-state index contributed by atoms with van der Waals surface area (Å²) in [6.45, 7) is 18.3. The highest BCUT2D eigenvalue weighted by atomic mass is 15.2. The molecular formula is C15H34N2. The van der Waals surface area contributed by atoms with Gasteiger partial charge in [-0.15, -0.1) is 0 Å². The van der Waals surface area contributed by atoms with Crippen molar-refractivity contribution in [2.75, 3.05) is 14.1 Å². The van der Waals surface area contributed by atoms with Gasteiger partial charge in [0.05, 0.1) is 0 Å². The van der Waals surface area contributed by atoms with Crippen LogP contribution >= 0.6 is 0 Å². The highest BCUT2D eigenvalue weighted by Gasteiger charge is 2.27. The predicted molar refractivity (Wildman–Crippen MR) is 78.6 cm³/mol. The number of hydrogen-bond donors (Lipinski definition) is 0. The highest BCUT2D eigenvalue weighted by Crippen LogP contribution is 2.21. The average Bonchev–Trinajstić information content (AvgIpc) is 2.12. The summed E-state index contributed by atoms with van der Waals surface area (Å²) < 4.78 is 0. The Balaban J connectivity index is 4.45. The minimum Gasteiger partial charge on any atom is -0.299 e. The van der Waals surface area contributed by atoms with Crippen LogP contribution in [0.3, 0.4) is 0 Å². The normalized spacial score (nSPS) is 17.6. The minimum absolute atomic E-state index is 0.249. The van der Waals surface area contributed by atoms with Crippen LogP contribution in [0.5, 0.6) is 0 Å². The fraction of sp³-hybridized carbons (Fsp3) is 1.00. The van der Waals surface area contributed by atoms with Crippen LogP contribution in [0.1, 0.15) is 61.8 Å². The maximum Gasteiger partial charge on any atom is 0.0124 e. The molecule has 0 rings (SSSR count). The highest BCUT2D eigenvalue weighted by molar-refractivity contribution is 4.83. The summed E-state index contributed by atoms with van der Waals surface area (Å²) in [5.41, 5.74) is 0.499. The van der Waals surface area contributed by atoms with Crippen LogP contribution in [-0.4, -0.2) is 47.1 Å². The van der Waals surface area contributed by atoms with Gasteiger partial charge in [-0.25, -0.2) is 0 Å². The van der Waals surface area contributed by atoms with Crippen molar-refractivity contribution in [1.29, 1.82) is 0 Å². The van der Waals surface area contributed by atoms with Gasteiger partial charge in [0.15, 0.2) is 0 Å². The van der Waals surface area contributed by atoms with E-state index in [0.717, 1.165) is 0 Å². The molecule has 0 aromatic heterocycles. The van der Waals surface area contributed by atoms with Crippen molar-refractivity contribution < 1.29 is 0 Å². The zero-order chi connectivity index (χ0) is 14.0. The van der Waals surface area contributed by atoms with Crippen LogP contribution in [0, 0.1) is 0 Å². The molecule has 0 aromatic rings. The van der Waals surface area contributed by atoms with Crippen LogP contribution in [0.4, 0.5) is 0 Å². The summed E-state index contributed by atoms with van der Waals surface area (Å²) in [6, 6.07) is 1.21. The summed E-state index contributed by atoms with van der Waals surface area (Å²) in [7, 11) is 4.46. The molecule has 0 N–H and O–H groups in total. The number of rotatable bonds is 4. The molecule has 2 nitrogen and oxygen atoms in total. The Hall–Kier alpha value is -0.0800. The zero-order valence-electron chi connectivity index (χ0n) is 13.8. The van der Waals surface area contributed by atoms with Gasteiger partial charge >= 0.3 is 0 Å². The quantitative estimate of drug-likeness (QED) is 0.743. The topological polar surface area (TPSA) is 6.48 Å². The van der Waals surface area contributed by atoms with E-state index in [4.69, 9.17) is 0 Å². The van der Waals surface area contributed by atoms with E-state index in [1.807, 2.05) is 0 Å². The molecule has 0 fully saturated rings. The molecule has 2 atom stereocenters. The molecular weight excluding hydrogens is 208 g/mol. The third-order valence-corrected chi connectivity index (χ3v) is 4.12. The molecule has 0 spiro atoms. The monoisotopic (exact) mass is 242 g/mol. The van der Waals surface area contributed by atoms with Gasteiger partial charge in [-0.05, 0) is 75.9 Å². The maximum atomic E-state index is 2.47. The molecule has 17 heavy (non-hydrogen) atoms. The first kappa shape index (κ1) is 16.9. The molecule has 0 radical (unpaired) electrons. The predicted octanol–water partition coefficient (Wildman–Crippen LogP) is 3.61. The standard InChI is InChI=1S/C15H34N2/c1-12(16(9)14(3,4)5)11-13(2)17(10)15(6,7)8/h12-13H,11H2,1-10H3. The van der Waals surface area contributed by atoms with Crippen LogP contribution in [0.2, 0.25) is 0 Å². The lowest BCUT2D eigenvalue weighted by Gasteiger charge is -2.42. The van der Waals surface area contributed by atoms with Gasteiger partial charge in [0.25, 0.3) is 0 Å². The lowest BCUT2D eigenvalue weighted by molar-refractivity contribution is 0.0700. The molecule has 0 heterocycles. The first-order valence-corrected chi connectivity index (χ1v) is 6.83. The molecule has 2 unspecified atom stereocenters. The Morgan fingerprint density at radius 2 is 0.941 bits per heavy atom. The van der Waals surface area contributed by atoms with Gasteiger partial charge in [0.2, 0.25) is 0 Å². The molecule has 104 valence electrons. The Labute approximate surface area is 109 Å². The van der Waals surface area contributed by atoms with Crippen molar-refractivity contribution >= 4 is 0 Å². The van der Waals surface area contributed by atoms with Crippen LogP contribution < -0.4 is 0 Å². The Bertz CT molecular complexity index is 198. The van der Waals surface area contributed by atoms with E-state index in [1.54, 1.807) is 0 Å². The first-order valence-electron chi connectivity index (χ1n) is 6.83. The van der Waals surface area contributed by atoms with Crippen molar-refractivity contribution in [2.24, 2.45) is 0 Å². The molecule has 0 aliphatic rings. The molecule has 0 amide bonds. The van der Waals surface area contributed by atoms with Crippen LogP contribution in [0.15, 0.2) is 0 Å². The first-order chi connectivity index (χ1) is 7.37. The third kappa shape index (κ3) is 5.39. The molecule has 2 heteroatoms. The van der Waals surface area contributed by atoms with Crippen molar-refractivity contribution in [3.63, 3.8) is 0 Å². The van der Waals surface area contributed by atoms with Gasteiger partial charge in [-0.1, -0.05) is 0 Å². The van der Waals surface area contributed by atoms with Crippen molar-refractivity contribution in [1.82, 2.24) is 9.80 Å². The second-order valence-corrected chi connectivity index (χ2v) is 7.50. The van der Waals surface area contributed by atoms with Gasteiger partial charge in [-0.2, -0.15) is 0 Å². The fourth-order valence-corrected chi connectivity index (χ4v) is 2.13. The van der Waals surface area contributed by atoms with E-state index in [9.17, 15) is 0 Å². The fourth-order valence-electron chi connectivity index (χ4n) is 2.13. The average molecular weight is 242 g/mol. The van der Waals surface area contributed by atoms with E-state index < -0.39 is 0 Å². The molecule has 0 bridgehead atoms. The Morgan fingerprint density at radius 3 is 1.12 bits per heavy atom. The van der Waals surface area contributed by atoms with E-state index in [2.05, 4.69) is 79.3 Å². The van der Waals surface area contributed by atoms with Crippen molar-refractivity contribution in [2.45, 2.75) is 85.0 Å². The minimum atomic E-state index is 0.249. The lowest BCUT2D eigenvalue weighted by atomic mass is 9.98. The summed E-state index contributed by atoms with van der Waals surface area (Å²) in [5, 5.41) is 0. The summed E-state index contributed by atoms with van der Waals surface area (Å²) in [6.07, 6.45) is 1.21. The molecule has 0 aliphatic carbocycles. The zero-order valence-corrected chi connectivity index (χ0v) is 13.8. The SMILES string of the molecule is CC(CC(C)N(C)C(C)(C)C)N(C)C(C)(C)C. The van der Waals surface area contributed by atoms with Gasteiger partial charge in [-0.3, -0.25) is 9.80 Å². The second kappa shape index (κ2) is 5.71. The van der Waals surface area contributed by atoms with Crippen molar-refractivity contribution in [3.05, 3.63) is 0 Å². The van der Waals surface area contributed by atoms with Gasteiger partial charge in [0, 0.05) is 23.2 Å². The molecule has 0 aliphatic heterocycles. The number of nitrogens with zero attached hydrogens (tertiary/aromatic N) is 2. The van der Waals surface area contributed by atoms with E-state index in [-0.39, 0.29) is 11.1 Å². The largest absolute Gasteiger partial charge is 0.299 e. The van der Waals surface area contributed by atoms with E-state index >= 15 is 0 Å². The molecule has 0 saturated carbocycles. The van der Waals surface area contributed by atoms with Gasteiger partial charge in [0.1, 0.15) is 0 Å². The van der Waals surface area contributed by atoms with Crippen LogP contribution in [-0.2, 0) is 0 Å². The Kier molecular flexibility index (Phi) is 5.68. The Morgan fingerprint density at radius 1 is 0.706 bits per heavy atom.